The highest BCUT2D eigenvalue weighted by molar-refractivity contribution is 4.76. The van der Waals surface area contributed by atoms with Crippen molar-refractivity contribution in [3.8, 4) is 0 Å². The first kappa shape index (κ1) is 13.8. The molecule has 0 saturated heterocycles. The van der Waals surface area contributed by atoms with Crippen LogP contribution in [0.15, 0.2) is 0 Å². The Balaban J connectivity index is 3.49. The van der Waals surface area contributed by atoms with E-state index in [1.54, 1.807) is 14.0 Å². The summed E-state index contributed by atoms with van der Waals surface area (Å²) in [6.07, 6.45) is 1.48. The molecule has 14 heavy (non-hydrogen) atoms. The summed E-state index contributed by atoms with van der Waals surface area (Å²) in [7, 11) is 1.67. The summed E-state index contributed by atoms with van der Waals surface area (Å²) in [6, 6.07) is 0. The summed E-state index contributed by atoms with van der Waals surface area (Å²) >= 11 is 0. The van der Waals surface area contributed by atoms with Gasteiger partial charge in [-0.05, 0) is 20.3 Å². The molecular weight excluding hydrogens is 182 g/mol. The van der Waals surface area contributed by atoms with Gasteiger partial charge < -0.3 is 20.3 Å². The van der Waals surface area contributed by atoms with E-state index in [1.807, 2.05) is 6.92 Å². The molecule has 86 valence electrons. The highest BCUT2D eigenvalue weighted by Crippen LogP contribution is 2.12. The zero-order chi connectivity index (χ0) is 11.0. The van der Waals surface area contributed by atoms with Crippen LogP contribution < -0.4 is 5.73 Å². The fourth-order valence-corrected chi connectivity index (χ4v) is 1.25. The molecule has 2 atom stereocenters. The topological polar surface area (TPSA) is 64.7 Å². The van der Waals surface area contributed by atoms with Crippen LogP contribution in [0.4, 0.5) is 0 Å². The van der Waals surface area contributed by atoms with Crippen molar-refractivity contribution in [2.75, 3.05) is 26.9 Å². The normalized spacial score (nSPS) is 17.8. The lowest BCUT2D eigenvalue weighted by Gasteiger charge is -2.25. The average Bonchev–Trinajstić information content (AvgIpc) is 2.12. The summed E-state index contributed by atoms with van der Waals surface area (Å²) < 4.78 is 10.4. The van der Waals surface area contributed by atoms with E-state index in [2.05, 4.69) is 0 Å². The fraction of sp³-hybridized carbons (Fsp3) is 1.00. The molecule has 0 heterocycles. The van der Waals surface area contributed by atoms with Gasteiger partial charge in [-0.25, -0.2) is 0 Å². The molecule has 0 fully saturated rings. The Morgan fingerprint density at radius 2 is 2.07 bits per heavy atom. The van der Waals surface area contributed by atoms with E-state index in [9.17, 15) is 5.11 Å². The van der Waals surface area contributed by atoms with E-state index < -0.39 is 5.60 Å². The number of rotatable bonds is 8. The van der Waals surface area contributed by atoms with Crippen molar-refractivity contribution in [2.24, 2.45) is 5.73 Å². The van der Waals surface area contributed by atoms with Crippen LogP contribution in [-0.2, 0) is 9.47 Å². The molecule has 2 unspecified atom stereocenters. The molecule has 0 radical (unpaired) electrons. The maximum atomic E-state index is 9.67. The van der Waals surface area contributed by atoms with Gasteiger partial charge >= 0.3 is 0 Å². The average molecular weight is 205 g/mol. The standard InChI is InChI=1S/C10H23NO3/c1-9(7-10(2,12)8-11)14-6-4-5-13-3/h9,12H,4-8,11H2,1-3H3. The van der Waals surface area contributed by atoms with Gasteiger partial charge in [-0.2, -0.15) is 0 Å². The zero-order valence-corrected chi connectivity index (χ0v) is 9.45. The quantitative estimate of drug-likeness (QED) is 0.567. The minimum Gasteiger partial charge on any atom is -0.389 e. The van der Waals surface area contributed by atoms with Gasteiger partial charge in [0.15, 0.2) is 0 Å². The van der Waals surface area contributed by atoms with E-state index in [4.69, 9.17) is 15.2 Å². The SMILES string of the molecule is COCCCOC(C)CC(C)(O)CN. The second-order valence-corrected chi connectivity index (χ2v) is 3.93. The molecule has 0 aliphatic heterocycles. The molecule has 0 aliphatic carbocycles. The molecule has 0 rings (SSSR count). The first-order valence-electron chi connectivity index (χ1n) is 5.05. The molecule has 0 aromatic carbocycles. The lowest BCUT2D eigenvalue weighted by molar-refractivity contribution is -0.0212. The smallest absolute Gasteiger partial charge is 0.0765 e. The monoisotopic (exact) mass is 205 g/mol. The van der Waals surface area contributed by atoms with Crippen LogP contribution in [0, 0.1) is 0 Å². The summed E-state index contributed by atoms with van der Waals surface area (Å²) in [6.45, 7) is 5.30. The number of hydrogen-bond donors (Lipinski definition) is 2. The molecular formula is C10H23NO3. The van der Waals surface area contributed by atoms with E-state index in [0.29, 0.717) is 19.6 Å². The van der Waals surface area contributed by atoms with Gasteiger partial charge in [-0.3, -0.25) is 0 Å². The van der Waals surface area contributed by atoms with Crippen LogP contribution in [0.1, 0.15) is 26.7 Å². The van der Waals surface area contributed by atoms with Crippen LogP contribution in [0.25, 0.3) is 0 Å². The summed E-state index contributed by atoms with van der Waals surface area (Å²) in [5, 5.41) is 9.67. The second-order valence-electron chi connectivity index (χ2n) is 3.93. The van der Waals surface area contributed by atoms with Crippen molar-refractivity contribution in [3.63, 3.8) is 0 Å². The van der Waals surface area contributed by atoms with Gasteiger partial charge in [0.1, 0.15) is 0 Å². The maximum Gasteiger partial charge on any atom is 0.0765 e. The summed E-state index contributed by atoms with van der Waals surface area (Å²) in [4.78, 5) is 0. The van der Waals surface area contributed by atoms with Crippen molar-refractivity contribution in [1.29, 1.82) is 0 Å². The van der Waals surface area contributed by atoms with Crippen LogP contribution in [-0.4, -0.2) is 43.7 Å². The van der Waals surface area contributed by atoms with E-state index in [0.717, 1.165) is 6.42 Å². The molecule has 0 spiro atoms. The molecule has 4 heteroatoms. The second kappa shape index (κ2) is 7.17. The largest absolute Gasteiger partial charge is 0.389 e. The van der Waals surface area contributed by atoms with Crippen LogP contribution >= 0.6 is 0 Å². The van der Waals surface area contributed by atoms with Crippen LogP contribution in [0.5, 0.6) is 0 Å². The van der Waals surface area contributed by atoms with Gasteiger partial charge in [0.2, 0.25) is 0 Å². The van der Waals surface area contributed by atoms with Crippen molar-refractivity contribution < 1.29 is 14.6 Å². The van der Waals surface area contributed by atoms with Crippen LogP contribution in [0.3, 0.4) is 0 Å². The third-order valence-electron chi connectivity index (χ3n) is 2.06. The van der Waals surface area contributed by atoms with Crippen molar-refractivity contribution in [2.45, 2.75) is 38.4 Å². The van der Waals surface area contributed by atoms with E-state index >= 15 is 0 Å². The third kappa shape index (κ3) is 7.26. The van der Waals surface area contributed by atoms with Gasteiger partial charge in [0.05, 0.1) is 11.7 Å². The lowest BCUT2D eigenvalue weighted by atomic mass is 9.99. The minimum atomic E-state index is -0.819. The van der Waals surface area contributed by atoms with Gasteiger partial charge in [0.25, 0.3) is 0 Å². The Morgan fingerprint density at radius 1 is 1.43 bits per heavy atom. The number of nitrogens with two attached hydrogens (primary N) is 1. The number of methoxy groups -OCH3 is 1. The van der Waals surface area contributed by atoms with Crippen LogP contribution in [0.2, 0.25) is 0 Å². The fourth-order valence-electron chi connectivity index (χ4n) is 1.25. The van der Waals surface area contributed by atoms with Crippen molar-refractivity contribution in [1.82, 2.24) is 0 Å². The Hall–Kier alpha value is -0.160. The molecule has 0 aromatic heterocycles. The number of ether oxygens (including phenoxy) is 2. The van der Waals surface area contributed by atoms with Gasteiger partial charge in [-0.15, -0.1) is 0 Å². The number of aliphatic hydroxyl groups is 1. The van der Waals surface area contributed by atoms with E-state index in [1.165, 1.54) is 0 Å². The van der Waals surface area contributed by atoms with Crippen molar-refractivity contribution in [3.05, 3.63) is 0 Å². The lowest BCUT2D eigenvalue weighted by Crippen LogP contribution is -2.37. The zero-order valence-electron chi connectivity index (χ0n) is 9.45. The summed E-state index contributed by atoms with van der Waals surface area (Å²) in [5.74, 6) is 0. The van der Waals surface area contributed by atoms with Gasteiger partial charge in [0, 0.05) is 33.3 Å². The predicted molar refractivity (Wildman–Crippen MR) is 56.2 cm³/mol. The number of hydrogen-bond acceptors (Lipinski definition) is 4. The molecule has 0 aliphatic rings. The molecule has 0 aromatic rings. The molecule has 0 bridgehead atoms. The Labute approximate surface area is 86.4 Å². The first-order valence-corrected chi connectivity index (χ1v) is 5.05. The minimum absolute atomic E-state index is 0.0328. The molecule has 3 N–H and O–H groups in total. The molecule has 0 saturated carbocycles. The highest BCUT2D eigenvalue weighted by Gasteiger charge is 2.21. The van der Waals surface area contributed by atoms with Gasteiger partial charge in [-0.1, -0.05) is 0 Å². The van der Waals surface area contributed by atoms with E-state index in [-0.39, 0.29) is 12.6 Å². The Bertz CT molecular complexity index is 139. The Morgan fingerprint density at radius 3 is 2.57 bits per heavy atom. The molecule has 0 amide bonds. The Kier molecular flexibility index (Phi) is 7.09. The summed E-state index contributed by atoms with van der Waals surface area (Å²) in [5.41, 5.74) is 4.59. The predicted octanol–water partition coefficient (Wildman–Crippen LogP) is 0.528. The highest BCUT2D eigenvalue weighted by atomic mass is 16.5. The third-order valence-corrected chi connectivity index (χ3v) is 2.06. The van der Waals surface area contributed by atoms with Crippen molar-refractivity contribution >= 4 is 0 Å². The first-order chi connectivity index (χ1) is 6.52. The maximum absolute atomic E-state index is 9.67. The molecule has 4 nitrogen and oxygen atoms in total.